The third kappa shape index (κ3) is 2.77. The number of nitrogens with zero attached hydrogens (tertiary/aromatic N) is 4. The zero-order valence-electron chi connectivity index (χ0n) is 12.8. The molecule has 2 aromatic heterocycles. The first kappa shape index (κ1) is 14.4. The molecule has 6 heteroatoms. The Kier molecular flexibility index (Phi) is 4.00. The van der Waals surface area contributed by atoms with Crippen LogP contribution < -0.4 is 5.32 Å². The van der Waals surface area contributed by atoms with Gasteiger partial charge in [-0.1, -0.05) is 0 Å². The highest BCUT2D eigenvalue weighted by atomic mass is 16.2. The highest BCUT2D eigenvalue weighted by Crippen LogP contribution is 2.33. The molecule has 22 heavy (non-hydrogen) atoms. The molecule has 114 valence electrons. The summed E-state index contributed by atoms with van der Waals surface area (Å²) in [6.45, 7) is 2.60. The number of likely N-dealkylation sites (tertiary alicyclic amines) is 1. The zero-order valence-corrected chi connectivity index (χ0v) is 12.8. The van der Waals surface area contributed by atoms with Crippen molar-refractivity contribution >= 4 is 11.7 Å². The Hall–Kier alpha value is -2.50. The fourth-order valence-electron chi connectivity index (χ4n) is 2.80. The molecule has 2 aromatic rings. The van der Waals surface area contributed by atoms with Crippen molar-refractivity contribution in [1.82, 2.24) is 19.9 Å². The first-order chi connectivity index (χ1) is 10.7. The number of carbonyl (C=O) groups excluding carboxylic acids is 1. The molecule has 1 atom stereocenters. The van der Waals surface area contributed by atoms with E-state index in [2.05, 4.69) is 20.3 Å². The minimum Gasteiger partial charge on any atom is -0.373 e. The van der Waals surface area contributed by atoms with E-state index >= 15 is 0 Å². The summed E-state index contributed by atoms with van der Waals surface area (Å²) in [5, 5.41) is 3.04. The van der Waals surface area contributed by atoms with Crippen LogP contribution in [0.2, 0.25) is 0 Å². The molecule has 6 nitrogen and oxygen atoms in total. The number of hydrogen-bond acceptors (Lipinski definition) is 5. The zero-order chi connectivity index (χ0) is 15.5. The lowest BCUT2D eigenvalue weighted by Gasteiger charge is -2.25. The standard InChI is InChI=1S/C16H19N5O/c1-11-9-20-13(10-19-11)16(22)21-7-3-4-14(21)12-5-6-18-15(8-12)17-2/h5-6,8-10,14H,3-4,7H2,1-2H3,(H,17,18)/t14-/m0/s1. The SMILES string of the molecule is CNc1cc([C@@H]2CCCN2C(=O)c2cnc(C)cn2)ccn1. The van der Waals surface area contributed by atoms with Crippen LogP contribution in [0.1, 0.15) is 40.6 Å². The van der Waals surface area contributed by atoms with E-state index in [9.17, 15) is 4.79 Å². The summed E-state index contributed by atoms with van der Waals surface area (Å²) in [6, 6.07) is 4.04. The van der Waals surface area contributed by atoms with Crippen molar-refractivity contribution < 1.29 is 4.79 Å². The number of carbonyl (C=O) groups is 1. The van der Waals surface area contributed by atoms with Crippen LogP contribution in [-0.2, 0) is 0 Å². The molecule has 0 radical (unpaired) electrons. The second-order valence-electron chi connectivity index (χ2n) is 5.42. The van der Waals surface area contributed by atoms with Crippen LogP contribution in [0.5, 0.6) is 0 Å². The van der Waals surface area contributed by atoms with Crippen LogP contribution in [-0.4, -0.2) is 39.4 Å². The summed E-state index contributed by atoms with van der Waals surface area (Å²) < 4.78 is 0. The molecule has 1 amide bonds. The van der Waals surface area contributed by atoms with Crippen LogP contribution in [0.15, 0.2) is 30.7 Å². The Morgan fingerprint density at radius 1 is 1.32 bits per heavy atom. The maximum Gasteiger partial charge on any atom is 0.274 e. The smallest absolute Gasteiger partial charge is 0.274 e. The topological polar surface area (TPSA) is 71.0 Å². The van der Waals surface area contributed by atoms with Crippen molar-refractivity contribution in [3.05, 3.63) is 47.7 Å². The normalized spacial score (nSPS) is 17.5. The molecule has 1 fully saturated rings. The molecule has 1 N–H and O–H groups in total. The second kappa shape index (κ2) is 6.09. The van der Waals surface area contributed by atoms with Crippen LogP contribution in [0.4, 0.5) is 5.82 Å². The summed E-state index contributed by atoms with van der Waals surface area (Å²) >= 11 is 0. The van der Waals surface area contributed by atoms with Crippen molar-refractivity contribution in [2.45, 2.75) is 25.8 Å². The van der Waals surface area contributed by atoms with Gasteiger partial charge in [-0.25, -0.2) is 9.97 Å². The average molecular weight is 297 g/mol. The van der Waals surface area contributed by atoms with Gasteiger partial charge in [0.05, 0.1) is 17.9 Å². The van der Waals surface area contributed by atoms with E-state index in [1.165, 1.54) is 0 Å². The van der Waals surface area contributed by atoms with Crippen molar-refractivity contribution in [3.63, 3.8) is 0 Å². The largest absolute Gasteiger partial charge is 0.373 e. The molecule has 0 bridgehead atoms. The minimum atomic E-state index is -0.0576. The van der Waals surface area contributed by atoms with Gasteiger partial charge in [-0.05, 0) is 37.5 Å². The predicted octanol–water partition coefficient (Wildman–Crippen LogP) is 2.20. The number of aromatic nitrogens is 3. The van der Waals surface area contributed by atoms with E-state index in [0.717, 1.165) is 36.5 Å². The molecule has 1 aliphatic heterocycles. The van der Waals surface area contributed by atoms with Gasteiger partial charge >= 0.3 is 0 Å². The van der Waals surface area contributed by atoms with Crippen molar-refractivity contribution in [2.75, 3.05) is 18.9 Å². The summed E-state index contributed by atoms with van der Waals surface area (Å²) in [5.74, 6) is 0.754. The van der Waals surface area contributed by atoms with Crippen LogP contribution in [0.25, 0.3) is 0 Å². The van der Waals surface area contributed by atoms with Gasteiger partial charge in [0.25, 0.3) is 5.91 Å². The first-order valence-electron chi connectivity index (χ1n) is 7.42. The third-order valence-electron chi connectivity index (χ3n) is 3.94. The van der Waals surface area contributed by atoms with Crippen LogP contribution in [0.3, 0.4) is 0 Å². The van der Waals surface area contributed by atoms with Crippen molar-refractivity contribution in [3.8, 4) is 0 Å². The van der Waals surface area contributed by atoms with Gasteiger partial charge in [0.1, 0.15) is 11.5 Å². The molecular weight excluding hydrogens is 278 g/mol. The molecule has 1 saturated heterocycles. The van der Waals surface area contributed by atoms with E-state index in [1.54, 1.807) is 18.6 Å². The third-order valence-corrected chi connectivity index (χ3v) is 3.94. The molecule has 0 saturated carbocycles. The number of anilines is 1. The fourth-order valence-corrected chi connectivity index (χ4v) is 2.80. The number of amides is 1. The molecule has 3 heterocycles. The second-order valence-corrected chi connectivity index (χ2v) is 5.42. The number of aryl methyl sites for hydroxylation is 1. The quantitative estimate of drug-likeness (QED) is 0.940. The summed E-state index contributed by atoms with van der Waals surface area (Å²) in [6.07, 6.45) is 6.90. The Bertz CT molecular complexity index is 670. The van der Waals surface area contributed by atoms with Crippen molar-refractivity contribution in [1.29, 1.82) is 0 Å². The Morgan fingerprint density at radius 2 is 2.18 bits per heavy atom. The fraction of sp³-hybridized carbons (Fsp3) is 0.375. The Morgan fingerprint density at radius 3 is 2.91 bits per heavy atom. The summed E-state index contributed by atoms with van der Waals surface area (Å²) in [5.41, 5.74) is 2.31. The van der Waals surface area contributed by atoms with Crippen LogP contribution in [0, 0.1) is 6.92 Å². The number of nitrogens with one attached hydrogen (secondary N) is 1. The molecule has 0 aliphatic carbocycles. The highest BCUT2D eigenvalue weighted by molar-refractivity contribution is 5.92. The van der Waals surface area contributed by atoms with Gasteiger partial charge in [-0.2, -0.15) is 0 Å². The summed E-state index contributed by atoms with van der Waals surface area (Å²) in [7, 11) is 1.84. The van der Waals surface area contributed by atoms with E-state index in [0.29, 0.717) is 5.69 Å². The lowest BCUT2D eigenvalue weighted by atomic mass is 10.1. The van der Waals surface area contributed by atoms with Gasteiger partial charge in [-0.15, -0.1) is 0 Å². The maximum absolute atomic E-state index is 12.7. The molecule has 1 aliphatic rings. The van der Waals surface area contributed by atoms with Gasteiger partial charge in [0, 0.05) is 26.0 Å². The lowest BCUT2D eigenvalue weighted by molar-refractivity contribution is 0.0729. The predicted molar refractivity (Wildman–Crippen MR) is 83.6 cm³/mol. The summed E-state index contributed by atoms with van der Waals surface area (Å²) in [4.78, 5) is 27.2. The van der Waals surface area contributed by atoms with Crippen molar-refractivity contribution in [2.24, 2.45) is 0 Å². The molecule has 0 unspecified atom stereocenters. The van der Waals surface area contributed by atoms with E-state index in [-0.39, 0.29) is 11.9 Å². The molecule has 3 rings (SSSR count). The first-order valence-corrected chi connectivity index (χ1v) is 7.42. The van der Waals surface area contributed by atoms with Gasteiger partial charge < -0.3 is 10.2 Å². The number of rotatable bonds is 3. The average Bonchev–Trinajstić information content (AvgIpc) is 3.04. The van der Waals surface area contributed by atoms with Gasteiger partial charge in [-0.3, -0.25) is 9.78 Å². The molecule has 0 spiro atoms. The van der Waals surface area contributed by atoms with E-state index < -0.39 is 0 Å². The lowest BCUT2D eigenvalue weighted by Crippen LogP contribution is -2.31. The Labute approximate surface area is 129 Å². The van der Waals surface area contributed by atoms with E-state index in [1.807, 2.05) is 31.0 Å². The maximum atomic E-state index is 12.7. The molecule has 0 aromatic carbocycles. The van der Waals surface area contributed by atoms with Gasteiger partial charge in [0.15, 0.2) is 0 Å². The van der Waals surface area contributed by atoms with E-state index in [4.69, 9.17) is 0 Å². The molecular formula is C16H19N5O. The monoisotopic (exact) mass is 297 g/mol. The highest BCUT2D eigenvalue weighted by Gasteiger charge is 2.31. The number of hydrogen-bond donors (Lipinski definition) is 1. The minimum absolute atomic E-state index is 0.0576. The van der Waals surface area contributed by atoms with Gasteiger partial charge in [0.2, 0.25) is 0 Å². The van der Waals surface area contributed by atoms with Crippen LogP contribution >= 0.6 is 0 Å². The number of pyridine rings is 1. The Balaban J connectivity index is 1.86.